The molecule has 2 fully saturated rings. The van der Waals surface area contributed by atoms with Gasteiger partial charge in [-0.1, -0.05) is 34.6 Å². The molecule has 0 aromatic carbocycles. The number of sulfonamides is 2. The van der Waals surface area contributed by atoms with E-state index in [9.17, 15) is 16.8 Å². The Hall–Kier alpha value is -0.180. The van der Waals surface area contributed by atoms with Crippen LogP contribution in [0.25, 0.3) is 0 Å². The van der Waals surface area contributed by atoms with Crippen molar-refractivity contribution in [2.75, 3.05) is 0 Å². The van der Waals surface area contributed by atoms with Gasteiger partial charge in [-0.2, -0.15) is 8.61 Å². The Morgan fingerprint density at radius 2 is 1.03 bits per heavy atom. The topological polar surface area (TPSA) is 74.8 Å². The monoisotopic (exact) mass is 520 g/mol. The second kappa shape index (κ2) is 9.29. The van der Waals surface area contributed by atoms with Crippen LogP contribution in [0, 0.1) is 10.8 Å². The molecule has 0 aliphatic heterocycles. The first kappa shape index (κ1) is 30.0. The zero-order valence-electron chi connectivity index (χ0n) is 23.9. The highest BCUT2D eigenvalue weighted by Gasteiger charge is 2.52. The Morgan fingerprint density at radius 1 is 0.647 bits per heavy atom. The van der Waals surface area contributed by atoms with Gasteiger partial charge in [-0.3, -0.25) is 0 Å². The second-order valence-electron chi connectivity index (χ2n) is 14.2. The molecule has 0 amide bonds. The standard InChI is InChI=1S/C26H52N2O4S2/c1-19(23(3,4)5)27(21-13-14-21)34(31,32)26(11,12)18-17-25(9,10)20(2)28(22-15-16-22)33(29,30)24(6,7)8/h19-22H,13-18H2,1-12H3/t19-,20+/m1/s1. The minimum absolute atomic E-state index is 0.0632. The van der Waals surface area contributed by atoms with E-state index in [1.54, 1.807) is 29.4 Å². The van der Waals surface area contributed by atoms with Gasteiger partial charge in [0.1, 0.15) is 0 Å². The normalized spacial score (nSPS) is 21.2. The van der Waals surface area contributed by atoms with Crippen LogP contribution >= 0.6 is 0 Å². The summed E-state index contributed by atoms with van der Waals surface area (Å²) in [6, 6.07) is -0.129. The van der Waals surface area contributed by atoms with Crippen LogP contribution in [-0.4, -0.2) is 59.1 Å². The zero-order valence-corrected chi connectivity index (χ0v) is 25.5. The molecule has 2 atom stereocenters. The van der Waals surface area contributed by atoms with Crippen LogP contribution in [0.4, 0.5) is 0 Å². The van der Waals surface area contributed by atoms with E-state index in [-0.39, 0.29) is 35.0 Å². The minimum atomic E-state index is -3.54. The summed E-state index contributed by atoms with van der Waals surface area (Å²) in [5.74, 6) is 0. The van der Waals surface area contributed by atoms with Crippen molar-refractivity contribution < 1.29 is 16.8 Å². The van der Waals surface area contributed by atoms with Gasteiger partial charge >= 0.3 is 0 Å². The van der Waals surface area contributed by atoms with Gasteiger partial charge in [0, 0.05) is 24.2 Å². The molecule has 0 radical (unpaired) electrons. The lowest BCUT2D eigenvalue weighted by atomic mass is 9.79. The average Bonchev–Trinajstić information content (AvgIpc) is 3.52. The van der Waals surface area contributed by atoms with Crippen molar-refractivity contribution >= 4 is 20.0 Å². The molecule has 0 aromatic rings. The van der Waals surface area contributed by atoms with E-state index in [1.165, 1.54) is 0 Å². The van der Waals surface area contributed by atoms with E-state index in [2.05, 4.69) is 34.6 Å². The van der Waals surface area contributed by atoms with Gasteiger partial charge in [-0.05, 0) is 97.8 Å². The minimum Gasteiger partial charge on any atom is -0.212 e. The third-order valence-corrected chi connectivity index (χ3v) is 13.8. The predicted octanol–water partition coefficient (Wildman–Crippen LogP) is 5.78. The Morgan fingerprint density at radius 3 is 1.35 bits per heavy atom. The van der Waals surface area contributed by atoms with Crippen LogP contribution in [0.5, 0.6) is 0 Å². The second-order valence-corrected chi connectivity index (χ2v) is 19.3. The molecule has 0 heterocycles. The van der Waals surface area contributed by atoms with E-state index in [1.807, 2.05) is 27.7 Å². The quantitative estimate of drug-likeness (QED) is 0.346. The highest BCUT2D eigenvalue weighted by Crippen LogP contribution is 2.45. The van der Waals surface area contributed by atoms with E-state index < -0.39 is 29.5 Å². The fraction of sp³-hybridized carbons (Fsp3) is 1.00. The largest absolute Gasteiger partial charge is 0.219 e. The first-order valence-corrected chi connectivity index (χ1v) is 15.9. The molecule has 0 aromatic heterocycles. The van der Waals surface area contributed by atoms with Crippen LogP contribution in [0.3, 0.4) is 0 Å². The molecule has 8 heteroatoms. The SMILES string of the molecule is C[C@H](N(C1CC1)S(=O)(=O)C(C)(C)C)C(C)(C)CCC(C)(C)S(=O)(=O)N(C1CC1)[C@H](C)C(C)(C)C. The van der Waals surface area contributed by atoms with Crippen molar-refractivity contribution in [3.63, 3.8) is 0 Å². The summed E-state index contributed by atoms with van der Waals surface area (Å²) in [6.07, 6.45) is 4.78. The molecule has 202 valence electrons. The molecular formula is C26H52N2O4S2. The molecule has 2 aliphatic rings. The third-order valence-electron chi connectivity index (χ3n) is 8.36. The van der Waals surface area contributed by atoms with Gasteiger partial charge in [0.15, 0.2) is 0 Å². The van der Waals surface area contributed by atoms with Gasteiger partial charge in [-0.15, -0.1) is 0 Å². The van der Waals surface area contributed by atoms with E-state index in [0.717, 1.165) is 25.7 Å². The molecule has 6 nitrogen and oxygen atoms in total. The molecule has 34 heavy (non-hydrogen) atoms. The third kappa shape index (κ3) is 6.03. The van der Waals surface area contributed by atoms with Gasteiger partial charge < -0.3 is 0 Å². The smallest absolute Gasteiger partial charge is 0.212 e. The van der Waals surface area contributed by atoms with Crippen molar-refractivity contribution in [1.82, 2.24) is 8.61 Å². The van der Waals surface area contributed by atoms with Crippen LogP contribution in [0.2, 0.25) is 0 Å². The van der Waals surface area contributed by atoms with Crippen LogP contribution < -0.4 is 0 Å². The lowest BCUT2D eigenvalue weighted by molar-refractivity contribution is 0.145. The first-order chi connectivity index (χ1) is 15.0. The molecule has 0 spiro atoms. The summed E-state index contributed by atoms with van der Waals surface area (Å²) in [7, 11) is -7.02. The van der Waals surface area contributed by atoms with Crippen molar-refractivity contribution in [2.45, 2.75) is 155 Å². The highest BCUT2D eigenvalue weighted by molar-refractivity contribution is 7.90. The van der Waals surface area contributed by atoms with Gasteiger partial charge in [0.05, 0.1) is 9.49 Å². The van der Waals surface area contributed by atoms with Gasteiger partial charge in [0.2, 0.25) is 20.0 Å². The Balaban J connectivity index is 2.27. The molecule has 2 aliphatic carbocycles. The fourth-order valence-corrected chi connectivity index (χ4v) is 8.59. The van der Waals surface area contributed by atoms with Gasteiger partial charge in [-0.25, -0.2) is 16.8 Å². The number of rotatable bonds is 11. The lowest BCUT2D eigenvalue weighted by Crippen LogP contribution is -2.55. The van der Waals surface area contributed by atoms with E-state index in [0.29, 0.717) is 12.8 Å². The Bertz CT molecular complexity index is 932. The maximum atomic E-state index is 14.0. The lowest BCUT2D eigenvalue weighted by Gasteiger charge is -2.44. The number of nitrogens with zero attached hydrogens (tertiary/aromatic N) is 2. The van der Waals surface area contributed by atoms with Crippen LogP contribution in [0.15, 0.2) is 0 Å². The predicted molar refractivity (Wildman–Crippen MR) is 143 cm³/mol. The Kier molecular flexibility index (Phi) is 8.21. The summed E-state index contributed by atoms with van der Waals surface area (Å²) in [5, 5.41) is 0. The molecule has 0 saturated heterocycles. The first-order valence-electron chi connectivity index (χ1n) is 13.0. The molecule has 2 saturated carbocycles. The zero-order chi connectivity index (χ0) is 26.7. The molecule has 0 bridgehead atoms. The van der Waals surface area contributed by atoms with Crippen molar-refractivity contribution in [1.29, 1.82) is 0 Å². The summed E-state index contributed by atoms with van der Waals surface area (Å²) < 4.78 is 56.6. The Labute approximate surface area is 211 Å². The maximum Gasteiger partial charge on any atom is 0.219 e. The van der Waals surface area contributed by atoms with Crippen LogP contribution in [-0.2, 0) is 20.0 Å². The summed E-state index contributed by atoms with van der Waals surface area (Å²) in [4.78, 5) is 0. The van der Waals surface area contributed by atoms with Gasteiger partial charge in [0.25, 0.3) is 0 Å². The van der Waals surface area contributed by atoms with E-state index in [4.69, 9.17) is 0 Å². The summed E-state index contributed by atoms with van der Waals surface area (Å²) in [6.45, 7) is 23.5. The van der Waals surface area contributed by atoms with Crippen LogP contribution in [0.1, 0.15) is 122 Å². The summed E-state index contributed by atoms with van der Waals surface area (Å²) in [5.41, 5.74) is -0.515. The molecular weight excluding hydrogens is 468 g/mol. The highest BCUT2D eigenvalue weighted by atomic mass is 32.2. The average molecular weight is 521 g/mol. The van der Waals surface area contributed by atoms with E-state index >= 15 is 0 Å². The fourth-order valence-electron chi connectivity index (χ4n) is 4.39. The number of hydrogen-bond donors (Lipinski definition) is 0. The van der Waals surface area contributed by atoms with Crippen molar-refractivity contribution in [3.05, 3.63) is 0 Å². The summed E-state index contributed by atoms with van der Waals surface area (Å²) >= 11 is 0. The molecule has 0 N–H and O–H groups in total. The number of hydrogen-bond acceptors (Lipinski definition) is 4. The van der Waals surface area contributed by atoms with Crippen molar-refractivity contribution in [2.24, 2.45) is 10.8 Å². The van der Waals surface area contributed by atoms with Crippen molar-refractivity contribution in [3.8, 4) is 0 Å². The molecule has 0 unspecified atom stereocenters. The maximum absolute atomic E-state index is 14.0. The molecule has 2 rings (SSSR count).